The molecule has 2 aromatic heterocycles. The molecule has 2 aromatic rings. The zero-order valence-electron chi connectivity index (χ0n) is 12.6. The summed E-state index contributed by atoms with van der Waals surface area (Å²) >= 11 is 3.49. The topological polar surface area (TPSA) is 64.5 Å². The Bertz CT molecular complexity index is 694. The molecule has 22 heavy (non-hydrogen) atoms. The highest BCUT2D eigenvalue weighted by Gasteiger charge is 2.47. The molecule has 2 aliphatic heterocycles. The first kappa shape index (κ1) is 14.5. The Morgan fingerprint density at radius 2 is 2.18 bits per heavy atom. The van der Waals surface area contributed by atoms with E-state index in [9.17, 15) is 0 Å². The van der Waals surface area contributed by atoms with Gasteiger partial charge in [-0.2, -0.15) is 0 Å². The van der Waals surface area contributed by atoms with E-state index in [2.05, 4.69) is 32.7 Å². The van der Waals surface area contributed by atoms with Gasteiger partial charge in [0.1, 0.15) is 5.82 Å². The van der Waals surface area contributed by atoms with Gasteiger partial charge in [-0.05, 0) is 41.8 Å². The fourth-order valence-corrected chi connectivity index (χ4v) is 4.21. The zero-order chi connectivity index (χ0) is 15.3. The van der Waals surface area contributed by atoms with Crippen molar-refractivity contribution in [1.29, 1.82) is 0 Å². The minimum atomic E-state index is 0.140. The van der Waals surface area contributed by atoms with Gasteiger partial charge in [-0.3, -0.25) is 0 Å². The molecule has 6 heteroatoms. The van der Waals surface area contributed by atoms with E-state index in [0.717, 1.165) is 53.8 Å². The highest BCUT2D eigenvalue weighted by atomic mass is 79.9. The molecule has 1 unspecified atom stereocenters. The summed E-state index contributed by atoms with van der Waals surface area (Å²) in [5.41, 5.74) is 7.39. The molecule has 4 heterocycles. The first-order valence-corrected chi connectivity index (χ1v) is 8.54. The standard InChI is InChI=1S/C16H20BrN3O2/c1-10-14(18)16(9-22-10)3-5-20(6-4-16)15-11-2-7-21-13(11)12(17)8-19-15/h2,7-8,10,14H,3-6,9,18H2,1H3/t10-,14?/m0/s1. The van der Waals surface area contributed by atoms with Crippen molar-refractivity contribution < 1.29 is 9.15 Å². The summed E-state index contributed by atoms with van der Waals surface area (Å²) in [6.45, 7) is 4.78. The summed E-state index contributed by atoms with van der Waals surface area (Å²) in [5.74, 6) is 1.00. The van der Waals surface area contributed by atoms with Crippen molar-refractivity contribution in [2.24, 2.45) is 11.1 Å². The lowest BCUT2D eigenvalue weighted by Gasteiger charge is -2.41. The summed E-state index contributed by atoms with van der Waals surface area (Å²) in [7, 11) is 0. The van der Waals surface area contributed by atoms with Crippen LogP contribution in [-0.4, -0.2) is 36.8 Å². The molecule has 0 aromatic carbocycles. The summed E-state index contributed by atoms with van der Waals surface area (Å²) in [4.78, 5) is 6.95. The molecule has 0 amide bonds. The van der Waals surface area contributed by atoms with Crippen LogP contribution in [0.3, 0.4) is 0 Å². The Morgan fingerprint density at radius 3 is 2.86 bits per heavy atom. The summed E-state index contributed by atoms with van der Waals surface area (Å²) in [6, 6.07) is 2.13. The third-order valence-electron chi connectivity index (χ3n) is 5.33. The third-order valence-corrected chi connectivity index (χ3v) is 5.89. The molecule has 0 aliphatic carbocycles. The van der Waals surface area contributed by atoms with E-state index in [1.54, 1.807) is 6.26 Å². The van der Waals surface area contributed by atoms with E-state index in [1.165, 1.54) is 0 Å². The summed E-state index contributed by atoms with van der Waals surface area (Å²) in [5, 5.41) is 1.06. The molecule has 2 atom stereocenters. The SMILES string of the molecule is C[C@@H]1OCC2(CCN(c3ncc(Br)c4occc34)CC2)C1N. The van der Waals surface area contributed by atoms with Crippen molar-refractivity contribution >= 4 is 32.7 Å². The van der Waals surface area contributed by atoms with Crippen LogP contribution in [0, 0.1) is 5.41 Å². The number of nitrogens with two attached hydrogens (primary N) is 1. The van der Waals surface area contributed by atoms with Gasteiger partial charge in [0.25, 0.3) is 0 Å². The smallest absolute Gasteiger partial charge is 0.153 e. The van der Waals surface area contributed by atoms with E-state index in [4.69, 9.17) is 14.9 Å². The lowest BCUT2D eigenvalue weighted by atomic mass is 9.73. The van der Waals surface area contributed by atoms with Crippen molar-refractivity contribution in [3.05, 3.63) is 23.0 Å². The number of pyridine rings is 1. The second kappa shape index (κ2) is 5.22. The first-order chi connectivity index (χ1) is 10.6. The van der Waals surface area contributed by atoms with Gasteiger partial charge < -0.3 is 19.8 Å². The zero-order valence-corrected chi connectivity index (χ0v) is 14.2. The van der Waals surface area contributed by atoms with Crippen LogP contribution in [0.5, 0.6) is 0 Å². The van der Waals surface area contributed by atoms with Crippen LogP contribution in [0.2, 0.25) is 0 Å². The van der Waals surface area contributed by atoms with Crippen LogP contribution in [0.1, 0.15) is 19.8 Å². The molecule has 2 fully saturated rings. The fourth-order valence-electron chi connectivity index (χ4n) is 3.80. The van der Waals surface area contributed by atoms with Crippen LogP contribution < -0.4 is 10.6 Å². The average Bonchev–Trinajstić information content (AvgIpc) is 3.12. The van der Waals surface area contributed by atoms with Crippen molar-refractivity contribution in [3.8, 4) is 0 Å². The number of furan rings is 1. The third kappa shape index (κ3) is 2.08. The maximum absolute atomic E-state index is 6.39. The van der Waals surface area contributed by atoms with Gasteiger partial charge in [0.2, 0.25) is 0 Å². The second-order valence-electron chi connectivity index (χ2n) is 6.48. The van der Waals surface area contributed by atoms with Gasteiger partial charge in [-0.15, -0.1) is 0 Å². The van der Waals surface area contributed by atoms with E-state index in [-0.39, 0.29) is 17.6 Å². The normalized spacial score (nSPS) is 27.9. The number of hydrogen-bond donors (Lipinski definition) is 1. The Labute approximate surface area is 137 Å². The molecule has 2 saturated heterocycles. The minimum Gasteiger partial charge on any atom is -0.463 e. The van der Waals surface area contributed by atoms with Crippen LogP contribution in [0.25, 0.3) is 11.0 Å². The van der Waals surface area contributed by atoms with Crippen LogP contribution in [0.15, 0.2) is 27.4 Å². The van der Waals surface area contributed by atoms with Crippen LogP contribution in [0.4, 0.5) is 5.82 Å². The van der Waals surface area contributed by atoms with Gasteiger partial charge in [0.15, 0.2) is 5.58 Å². The van der Waals surface area contributed by atoms with Gasteiger partial charge in [-0.1, -0.05) is 0 Å². The molecule has 1 spiro atoms. The Hall–Kier alpha value is -1.11. The maximum atomic E-state index is 6.39. The van der Waals surface area contributed by atoms with Crippen LogP contribution >= 0.6 is 15.9 Å². The number of nitrogens with zero attached hydrogens (tertiary/aromatic N) is 2. The molecule has 0 saturated carbocycles. The van der Waals surface area contributed by atoms with E-state index < -0.39 is 0 Å². The fraction of sp³-hybridized carbons (Fsp3) is 0.562. The first-order valence-electron chi connectivity index (χ1n) is 7.75. The van der Waals surface area contributed by atoms with Gasteiger partial charge in [0, 0.05) is 30.7 Å². The largest absolute Gasteiger partial charge is 0.463 e. The van der Waals surface area contributed by atoms with E-state index in [1.807, 2.05) is 12.3 Å². The number of hydrogen-bond acceptors (Lipinski definition) is 5. The lowest BCUT2D eigenvalue weighted by molar-refractivity contribution is 0.0974. The molecular weight excluding hydrogens is 346 g/mol. The number of aromatic nitrogens is 1. The van der Waals surface area contributed by atoms with Crippen LogP contribution in [-0.2, 0) is 4.74 Å². The van der Waals surface area contributed by atoms with Crippen molar-refractivity contribution in [2.75, 3.05) is 24.6 Å². The number of fused-ring (bicyclic) bond motifs is 1. The van der Waals surface area contributed by atoms with E-state index >= 15 is 0 Å². The Morgan fingerprint density at radius 1 is 1.41 bits per heavy atom. The molecule has 0 bridgehead atoms. The number of ether oxygens (including phenoxy) is 1. The van der Waals surface area contributed by atoms with Crippen molar-refractivity contribution in [1.82, 2.24) is 4.98 Å². The van der Waals surface area contributed by atoms with Crippen molar-refractivity contribution in [3.63, 3.8) is 0 Å². The molecule has 2 N–H and O–H groups in total. The number of piperidine rings is 1. The highest BCUT2D eigenvalue weighted by molar-refractivity contribution is 9.10. The Kier molecular flexibility index (Phi) is 3.43. The summed E-state index contributed by atoms with van der Waals surface area (Å²) < 4.78 is 12.2. The highest BCUT2D eigenvalue weighted by Crippen LogP contribution is 2.42. The molecule has 5 nitrogen and oxygen atoms in total. The van der Waals surface area contributed by atoms with E-state index in [0.29, 0.717) is 0 Å². The maximum Gasteiger partial charge on any atom is 0.153 e. The molecule has 0 radical (unpaired) electrons. The monoisotopic (exact) mass is 365 g/mol. The van der Waals surface area contributed by atoms with Gasteiger partial charge >= 0.3 is 0 Å². The minimum absolute atomic E-state index is 0.140. The molecule has 2 aliphatic rings. The van der Waals surface area contributed by atoms with Crippen molar-refractivity contribution in [2.45, 2.75) is 31.9 Å². The predicted molar refractivity (Wildman–Crippen MR) is 89.0 cm³/mol. The number of halogens is 1. The van der Waals surface area contributed by atoms with Gasteiger partial charge in [0.05, 0.1) is 28.8 Å². The molecule has 4 rings (SSSR count). The van der Waals surface area contributed by atoms with Gasteiger partial charge in [-0.25, -0.2) is 4.98 Å². The molecular formula is C16H20BrN3O2. The summed E-state index contributed by atoms with van der Waals surface area (Å²) in [6.07, 6.45) is 5.80. The average molecular weight is 366 g/mol. The Balaban J connectivity index is 1.59. The number of anilines is 1. The lowest BCUT2D eigenvalue weighted by Crippen LogP contribution is -2.50. The second-order valence-corrected chi connectivity index (χ2v) is 7.34. The predicted octanol–water partition coefficient (Wildman–Crippen LogP) is 2.92. The number of rotatable bonds is 1. The molecule has 118 valence electrons. The quantitative estimate of drug-likeness (QED) is 0.841.